The molecule has 3 aromatic carbocycles. The minimum atomic E-state index is -3.38. The van der Waals surface area contributed by atoms with E-state index in [0.717, 1.165) is 0 Å². The molecule has 3 aromatic rings. The first kappa shape index (κ1) is 21.5. The zero-order chi connectivity index (χ0) is 21.1. The zero-order valence-electron chi connectivity index (χ0n) is 15.4. The van der Waals surface area contributed by atoms with Crippen molar-refractivity contribution in [3.05, 3.63) is 91.0 Å². The first-order valence-corrected chi connectivity index (χ1v) is 15.4. The number of halogens is 2. The quantitative estimate of drug-likeness (QED) is 0.343. The fourth-order valence-corrected chi connectivity index (χ4v) is 13.8. The minimum absolute atomic E-state index is 0.476. The fourth-order valence-electron chi connectivity index (χ4n) is 2.48. The molecule has 0 spiro atoms. The molecule has 30 heavy (non-hydrogen) atoms. The Balaban J connectivity index is 1.80. The van der Waals surface area contributed by atoms with E-state index in [1.54, 1.807) is 36.4 Å². The second kappa shape index (κ2) is 8.80. The van der Waals surface area contributed by atoms with Crippen LogP contribution in [0.25, 0.3) is 0 Å². The van der Waals surface area contributed by atoms with Gasteiger partial charge in [0.25, 0.3) is 0 Å². The van der Waals surface area contributed by atoms with Gasteiger partial charge in [0.05, 0.1) is 0 Å². The van der Waals surface area contributed by atoms with Gasteiger partial charge in [0.15, 0.2) is 0 Å². The van der Waals surface area contributed by atoms with Gasteiger partial charge in [-0.15, -0.1) is 13.5 Å². The second-order valence-corrected chi connectivity index (χ2v) is 14.4. The topological polar surface area (TPSA) is 90.8 Å². The van der Waals surface area contributed by atoms with Gasteiger partial charge in [-0.25, -0.2) is 5.50 Å². The van der Waals surface area contributed by atoms with Gasteiger partial charge in [-0.3, -0.25) is 0 Å². The molecule has 7 nitrogen and oxygen atoms in total. The second-order valence-electron chi connectivity index (χ2n) is 6.02. The SMILES string of the molecule is NP1(Oc2ccccc2)=NP(Cl)(Oc2ccccc2)=NP(Cl)(Oc2ccccc2)=N1. The summed E-state index contributed by atoms with van der Waals surface area (Å²) in [5.74, 6) is 1.43. The predicted molar refractivity (Wildman–Crippen MR) is 125 cm³/mol. The van der Waals surface area contributed by atoms with Crippen LogP contribution in [0.4, 0.5) is 0 Å². The Hall–Kier alpha value is -1.71. The maximum Gasteiger partial charge on any atom is 0.354 e. The third-order valence-electron chi connectivity index (χ3n) is 3.61. The highest BCUT2D eigenvalue weighted by atomic mass is 35.7. The Morgan fingerprint density at radius 2 is 0.900 bits per heavy atom. The maximum absolute atomic E-state index is 6.74. The predicted octanol–water partition coefficient (Wildman–Crippen LogP) is 8.51. The van der Waals surface area contributed by atoms with Gasteiger partial charge >= 0.3 is 21.2 Å². The lowest BCUT2D eigenvalue weighted by Gasteiger charge is -2.27. The Bertz CT molecular complexity index is 1030. The fraction of sp³-hybridized carbons (Fsp3) is 0. The van der Waals surface area contributed by atoms with Gasteiger partial charge in [-0.2, -0.15) is 0 Å². The Kier molecular flexibility index (Phi) is 6.31. The highest BCUT2D eigenvalue weighted by Crippen LogP contribution is 2.79. The van der Waals surface area contributed by atoms with Gasteiger partial charge in [0.2, 0.25) is 0 Å². The van der Waals surface area contributed by atoms with Crippen LogP contribution < -0.4 is 19.1 Å². The van der Waals surface area contributed by atoms with Crippen molar-refractivity contribution in [3.63, 3.8) is 0 Å². The smallest absolute Gasteiger partial charge is 0.354 e. The molecule has 12 heteroatoms. The molecule has 1 aliphatic heterocycles. The summed E-state index contributed by atoms with van der Waals surface area (Å²) in [7, 11) is -3.36. The van der Waals surface area contributed by atoms with Gasteiger partial charge < -0.3 is 13.6 Å². The normalized spacial score (nSPS) is 27.7. The summed E-state index contributed by atoms with van der Waals surface area (Å²) in [5.41, 5.74) is 6.47. The van der Waals surface area contributed by atoms with E-state index in [4.69, 9.17) is 41.6 Å². The highest BCUT2D eigenvalue weighted by molar-refractivity contribution is 8.01. The van der Waals surface area contributed by atoms with Crippen LogP contribution in [-0.4, -0.2) is 0 Å². The number of para-hydroxylation sites is 3. The van der Waals surface area contributed by atoms with Gasteiger partial charge in [-0.05, 0) is 58.9 Å². The van der Waals surface area contributed by atoms with Crippen molar-refractivity contribution in [1.29, 1.82) is 0 Å². The molecule has 0 saturated heterocycles. The van der Waals surface area contributed by atoms with Gasteiger partial charge in [0.1, 0.15) is 17.2 Å². The van der Waals surface area contributed by atoms with Crippen LogP contribution >= 0.6 is 43.6 Å². The maximum atomic E-state index is 6.74. The molecule has 0 amide bonds. The number of hydrogen-bond acceptors (Lipinski definition) is 7. The van der Waals surface area contributed by atoms with Crippen LogP contribution in [0.15, 0.2) is 105 Å². The lowest BCUT2D eigenvalue weighted by atomic mass is 10.3. The molecule has 3 unspecified atom stereocenters. The van der Waals surface area contributed by atoms with E-state index in [0.29, 0.717) is 17.2 Å². The zero-order valence-corrected chi connectivity index (χ0v) is 19.6. The number of nitrogens with zero attached hydrogens (tertiary/aromatic N) is 3. The molecule has 2 N–H and O–H groups in total. The Morgan fingerprint density at radius 3 is 1.33 bits per heavy atom. The van der Waals surface area contributed by atoms with Crippen LogP contribution in [-0.2, 0) is 0 Å². The average molecular weight is 501 g/mol. The lowest BCUT2D eigenvalue weighted by Crippen LogP contribution is -2.04. The number of rotatable bonds is 6. The standard InChI is InChI=1S/C18H17Cl2N4O3P3/c19-28(25-16-10-4-1-5-11-16)22-29(20,26-17-12-6-2-7-13-17)24-30(21,23-28)27-18-14-8-3-9-15-18/h1-15H,21H2. The van der Waals surface area contributed by atoms with Gasteiger partial charge in [-0.1, -0.05) is 54.6 Å². The average Bonchev–Trinajstić information content (AvgIpc) is 2.68. The van der Waals surface area contributed by atoms with Crippen molar-refractivity contribution < 1.29 is 13.6 Å². The summed E-state index contributed by atoms with van der Waals surface area (Å²) in [6, 6.07) is 26.8. The van der Waals surface area contributed by atoms with Crippen molar-refractivity contribution in [1.82, 2.24) is 0 Å². The third-order valence-corrected chi connectivity index (χ3v) is 13.4. The van der Waals surface area contributed by atoms with E-state index < -0.39 is 21.2 Å². The molecule has 1 heterocycles. The monoisotopic (exact) mass is 500 g/mol. The van der Waals surface area contributed by atoms with Crippen molar-refractivity contribution in [2.45, 2.75) is 0 Å². The first-order chi connectivity index (χ1) is 14.4. The molecular weight excluding hydrogens is 484 g/mol. The number of hydrogen-bond donors (Lipinski definition) is 1. The first-order valence-electron chi connectivity index (χ1n) is 8.69. The molecule has 3 atom stereocenters. The summed E-state index contributed by atoms with van der Waals surface area (Å²) >= 11 is 13.5. The van der Waals surface area contributed by atoms with E-state index in [1.165, 1.54) is 0 Å². The molecule has 0 aromatic heterocycles. The molecule has 0 saturated carbocycles. The lowest BCUT2D eigenvalue weighted by molar-refractivity contribution is 0.589. The van der Waals surface area contributed by atoms with Crippen LogP contribution in [0.3, 0.4) is 0 Å². The van der Waals surface area contributed by atoms with E-state index in [-0.39, 0.29) is 0 Å². The molecule has 4 rings (SSSR count). The molecular formula is C18H17Cl2N4O3P3. The minimum Gasteiger partial charge on any atom is -0.431 e. The number of benzene rings is 3. The van der Waals surface area contributed by atoms with Crippen LogP contribution in [0.1, 0.15) is 0 Å². The molecule has 0 aliphatic carbocycles. The van der Waals surface area contributed by atoms with Crippen molar-refractivity contribution in [3.8, 4) is 17.2 Å². The van der Waals surface area contributed by atoms with Gasteiger partial charge in [0, 0.05) is 0 Å². The van der Waals surface area contributed by atoms with E-state index in [1.807, 2.05) is 54.6 Å². The molecule has 0 bridgehead atoms. The molecule has 0 radical (unpaired) electrons. The van der Waals surface area contributed by atoms with Crippen LogP contribution in [0, 0.1) is 0 Å². The van der Waals surface area contributed by atoms with E-state index >= 15 is 0 Å². The summed E-state index contributed by atoms with van der Waals surface area (Å²) in [4.78, 5) is 0. The summed E-state index contributed by atoms with van der Waals surface area (Å²) in [5, 5.41) is 0. The molecule has 156 valence electrons. The van der Waals surface area contributed by atoms with Crippen LogP contribution in [0.5, 0.6) is 17.2 Å². The van der Waals surface area contributed by atoms with E-state index in [9.17, 15) is 0 Å². The Labute approximate surface area is 184 Å². The summed E-state index contributed by atoms with van der Waals surface area (Å²) in [6.45, 7) is -6.76. The van der Waals surface area contributed by atoms with E-state index in [2.05, 4.69) is 13.5 Å². The summed E-state index contributed by atoms with van der Waals surface area (Å²) in [6.07, 6.45) is 0. The van der Waals surface area contributed by atoms with Crippen molar-refractivity contribution >= 4 is 43.6 Å². The molecule has 0 fully saturated rings. The highest BCUT2D eigenvalue weighted by Gasteiger charge is 2.39. The van der Waals surface area contributed by atoms with Crippen molar-refractivity contribution in [2.24, 2.45) is 19.1 Å². The Morgan fingerprint density at radius 1 is 0.533 bits per heavy atom. The summed E-state index contributed by atoms with van der Waals surface area (Å²) < 4.78 is 31.0. The van der Waals surface area contributed by atoms with Crippen LogP contribution in [0.2, 0.25) is 0 Å². The van der Waals surface area contributed by atoms with Crippen molar-refractivity contribution in [2.75, 3.05) is 0 Å². The number of nitrogens with two attached hydrogens (primary N) is 1. The molecule has 1 aliphatic rings. The largest absolute Gasteiger partial charge is 0.431 e. The third kappa shape index (κ3) is 5.50.